The molecule has 0 unspecified atom stereocenters. The quantitative estimate of drug-likeness (QED) is 0.605. The molecule has 2 rings (SSSR count). The van der Waals surface area contributed by atoms with E-state index in [0.29, 0.717) is 0 Å². The van der Waals surface area contributed by atoms with Crippen LogP contribution in [0, 0.1) is 12.5 Å². The molecule has 0 amide bonds. The van der Waals surface area contributed by atoms with Gasteiger partial charge in [0, 0.05) is 0 Å². The van der Waals surface area contributed by atoms with E-state index in [-0.39, 0.29) is 0 Å². The average molecular weight is 176 g/mol. The van der Waals surface area contributed by atoms with Gasteiger partial charge >= 0.3 is 0 Å². The summed E-state index contributed by atoms with van der Waals surface area (Å²) in [6.07, 6.45) is 14.8. The van der Waals surface area contributed by atoms with E-state index in [1.165, 1.54) is 44.1 Å². The maximum Gasteiger partial charge on any atom is 0.0714 e. The van der Waals surface area contributed by atoms with E-state index in [1.807, 2.05) is 6.20 Å². The molecule has 0 saturated heterocycles. The van der Waals surface area contributed by atoms with Crippen LogP contribution in [0.2, 0.25) is 0 Å². The van der Waals surface area contributed by atoms with E-state index in [4.69, 9.17) is 0 Å². The molecule has 1 aliphatic carbocycles. The van der Waals surface area contributed by atoms with Gasteiger partial charge in [-0.25, -0.2) is 0 Å². The highest BCUT2D eigenvalue weighted by Gasteiger charge is 2.16. The smallest absolute Gasteiger partial charge is 0.0714 e. The average Bonchev–Trinajstić information content (AvgIpc) is 2.47. The lowest BCUT2D eigenvalue weighted by Gasteiger charge is -2.19. The van der Waals surface area contributed by atoms with Gasteiger partial charge in [-0.3, -0.25) is 0 Å². The van der Waals surface area contributed by atoms with Crippen LogP contribution in [0.3, 0.4) is 0 Å². The third kappa shape index (κ3) is 2.36. The zero-order chi connectivity index (χ0) is 8.93. The Balaban J connectivity index is 1.97. The number of dihydropyridines is 1. The molecular formula is C12H18N. The normalized spacial score (nSPS) is 24.8. The van der Waals surface area contributed by atoms with Gasteiger partial charge in [-0.1, -0.05) is 31.8 Å². The number of rotatable bonds is 1. The standard InChI is InChI=1S/C12H18N/c1-2-4-7-11(6-3-1)12-8-5-9-13-10-12/h5,8-11,13H,1-4,6-7H2. The van der Waals surface area contributed by atoms with Crippen molar-refractivity contribution >= 4 is 0 Å². The highest BCUT2D eigenvalue weighted by Crippen LogP contribution is 2.30. The Bertz CT molecular complexity index is 207. The molecule has 0 aromatic carbocycles. The minimum Gasteiger partial charge on any atom is -0.382 e. The molecule has 0 aromatic rings. The van der Waals surface area contributed by atoms with Crippen molar-refractivity contribution < 1.29 is 0 Å². The molecule has 1 aliphatic heterocycles. The van der Waals surface area contributed by atoms with Gasteiger partial charge in [0.15, 0.2) is 0 Å². The van der Waals surface area contributed by atoms with E-state index in [1.54, 1.807) is 0 Å². The SMILES string of the molecule is [CH]1NC=CC=C1C1CCCCCC1. The summed E-state index contributed by atoms with van der Waals surface area (Å²) < 4.78 is 0. The van der Waals surface area contributed by atoms with Crippen LogP contribution in [0.5, 0.6) is 0 Å². The maximum atomic E-state index is 3.18. The van der Waals surface area contributed by atoms with Crippen LogP contribution in [-0.4, -0.2) is 0 Å². The van der Waals surface area contributed by atoms with Crippen LogP contribution in [0.25, 0.3) is 0 Å². The van der Waals surface area contributed by atoms with Crippen molar-refractivity contribution in [3.05, 3.63) is 30.5 Å². The van der Waals surface area contributed by atoms with E-state index >= 15 is 0 Å². The summed E-state index contributed by atoms with van der Waals surface area (Å²) in [6, 6.07) is 0. The van der Waals surface area contributed by atoms with E-state index in [0.717, 1.165) is 5.92 Å². The number of hydrogen-bond donors (Lipinski definition) is 1. The van der Waals surface area contributed by atoms with Crippen molar-refractivity contribution in [2.45, 2.75) is 38.5 Å². The second kappa shape index (κ2) is 4.50. The van der Waals surface area contributed by atoms with E-state index in [2.05, 4.69) is 24.0 Å². The Morgan fingerprint density at radius 1 is 1.08 bits per heavy atom. The van der Waals surface area contributed by atoms with Gasteiger partial charge in [-0.05, 0) is 36.6 Å². The minimum absolute atomic E-state index is 0.819. The molecule has 2 aliphatic rings. The molecule has 71 valence electrons. The van der Waals surface area contributed by atoms with Gasteiger partial charge in [0.1, 0.15) is 0 Å². The van der Waals surface area contributed by atoms with Gasteiger partial charge in [0.05, 0.1) is 6.54 Å². The number of nitrogens with one attached hydrogen (secondary N) is 1. The van der Waals surface area contributed by atoms with Gasteiger partial charge in [0.2, 0.25) is 0 Å². The summed E-state index contributed by atoms with van der Waals surface area (Å²) in [4.78, 5) is 0. The van der Waals surface area contributed by atoms with Crippen molar-refractivity contribution in [2.75, 3.05) is 0 Å². The lowest BCUT2D eigenvalue weighted by Crippen LogP contribution is -2.13. The Kier molecular flexibility index (Phi) is 3.07. The highest BCUT2D eigenvalue weighted by molar-refractivity contribution is 5.26. The molecule has 13 heavy (non-hydrogen) atoms. The largest absolute Gasteiger partial charge is 0.382 e. The summed E-state index contributed by atoms with van der Waals surface area (Å²) in [7, 11) is 0. The fraction of sp³-hybridized carbons (Fsp3) is 0.583. The number of hydrogen-bond acceptors (Lipinski definition) is 1. The summed E-state index contributed by atoms with van der Waals surface area (Å²) in [5.74, 6) is 0.819. The molecule has 1 N–H and O–H groups in total. The molecular weight excluding hydrogens is 158 g/mol. The Hall–Kier alpha value is -0.720. The third-order valence-corrected chi connectivity index (χ3v) is 3.06. The van der Waals surface area contributed by atoms with Crippen molar-refractivity contribution in [1.82, 2.24) is 5.32 Å². The van der Waals surface area contributed by atoms with Gasteiger partial charge < -0.3 is 5.32 Å². The zero-order valence-electron chi connectivity index (χ0n) is 8.13. The Morgan fingerprint density at radius 3 is 2.46 bits per heavy atom. The van der Waals surface area contributed by atoms with E-state index in [9.17, 15) is 0 Å². The predicted molar refractivity (Wildman–Crippen MR) is 55.9 cm³/mol. The lowest BCUT2D eigenvalue weighted by molar-refractivity contribution is 0.528. The molecule has 1 heterocycles. The molecule has 1 fully saturated rings. The fourth-order valence-electron chi connectivity index (χ4n) is 2.27. The monoisotopic (exact) mass is 176 g/mol. The molecule has 0 spiro atoms. The second-order valence-corrected chi connectivity index (χ2v) is 4.03. The van der Waals surface area contributed by atoms with Crippen LogP contribution in [-0.2, 0) is 0 Å². The van der Waals surface area contributed by atoms with Crippen LogP contribution in [0.15, 0.2) is 23.9 Å². The van der Waals surface area contributed by atoms with Crippen LogP contribution in [0.1, 0.15) is 38.5 Å². The summed E-state index contributed by atoms with van der Waals surface area (Å²) in [5, 5.41) is 3.18. The Labute approximate surface area is 80.9 Å². The lowest BCUT2D eigenvalue weighted by atomic mass is 9.90. The first-order valence-corrected chi connectivity index (χ1v) is 5.43. The molecule has 0 atom stereocenters. The fourth-order valence-corrected chi connectivity index (χ4v) is 2.27. The molecule has 1 heteroatoms. The molecule has 0 bridgehead atoms. The topological polar surface area (TPSA) is 12.0 Å². The second-order valence-electron chi connectivity index (χ2n) is 4.03. The molecule has 1 radical (unpaired) electrons. The first-order valence-electron chi connectivity index (χ1n) is 5.43. The summed E-state index contributed by atoms with van der Waals surface area (Å²) in [5.41, 5.74) is 1.50. The van der Waals surface area contributed by atoms with Crippen molar-refractivity contribution in [3.63, 3.8) is 0 Å². The van der Waals surface area contributed by atoms with Gasteiger partial charge in [0.25, 0.3) is 0 Å². The minimum atomic E-state index is 0.819. The molecule has 1 saturated carbocycles. The van der Waals surface area contributed by atoms with Gasteiger partial charge in [-0.15, -0.1) is 0 Å². The Morgan fingerprint density at radius 2 is 1.85 bits per heavy atom. The van der Waals surface area contributed by atoms with Crippen molar-refractivity contribution in [1.29, 1.82) is 0 Å². The molecule has 1 nitrogen and oxygen atoms in total. The van der Waals surface area contributed by atoms with Gasteiger partial charge in [-0.2, -0.15) is 0 Å². The third-order valence-electron chi connectivity index (χ3n) is 3.06. The summed E-state index contributed by atoms with van der Waals surface area (Å²) >= 11 is 0. The first-order chi connectivity index (χ1) is 6.47. The maximum absolute atomic E-state index is 3.18. The molecule has 0 aromatic heterocycles. The predicted octanol–water partition coefficient (Wildman–Crippen LogP) is 3.16. The van der Waals surface area contributed by atoms with E-state index < -0.39 is 0 Å². The number of allylic oxidation sites excluding steroid dienone is 2. The van der Waals surface area contributed by atoms with Crippen LogP contribution >= 0.6 is 0 Å². The summed E-state index contributed by atoms with van der Waals surface area (Å²) in [6.45, 7) is 2.16. The highest BCUT2D eigenvalue weighted by atomic mass is 14.8. The van der Waals surface area contributed by atoms with Crippen molar-refractivity contribution in [2.24, 2.45) is 5.92 Å². The first kappa shape index (κ1) is 8.86. The van der Waals surface area contributed by atoms with Crippen molar-refractivity contribution in [3.8, 4) is 0 Å². The van der Waals surface area contributed by atoms with Crippen LogP contribution in [0.4, 0.5) is 0 Å². The van der Waals surface area contributed by atoms with Crippen LogP contribution < -0.4 is 5.32 Å². The zero-order valence-corrected chi connectivity index (χ0v) is 8.13.